The summed E-state index contributed by atoms with van der Waals surface area (Å²) >= 11 is 0. The molecule has 2 aromatic carbocycles. The van der Waals surface area contributed by atoms with E-state index in [1.807, 2.05) is 0 Å². The van der Waals surface area contributed by atoms with Gasteiger partial charge in [0, 0.05) is 5.56 Å². The Morgan fingerprint density at radius 2 is 1.68 bits per heavy atom. The normalized spacial score (nSPS) is 12.9. The fraction of sp³-hybridized carbons (Fsp3) is 0.188. The van der Waals surface area contributed by atoms with Gasteiger partial charge in [0.1, 0.15) is 30.5 Å². The number of hydrogen-bond donors (Lipinski definition) is 1. The van der Waals surface area contributed by atoms with Crippen LogP contribution in [0.15, 0.2) is 30.3 Å². The number of benzene rings is 2. The second kappa shape index (κ2) is 5.63. The molecule has 1 aliphatic heterocycles. The number of hydrogen-bond acceptors (Lipinski definition) is 3. The summed E-state index contributed by atoms with van der Waals surface area (Å²) in [6, 6.07) is 6.57. The largest absolute Gasteiger partial charge is 0.486 e. The van der Waals surface area contributed by atoms with Crippen LogP contribution in [-0.2, 0) is 0 Å². The number of ether oxygens (including phenoxy) is 2. The first kappa shape index (κ1) is 14.3. The molecule has 0 spiro atoms. The molecule has 2 aromatic rings. The lowest BCUT2D eigenvalue weighted by Crippen LogP contribution is -2.19. The zero-order valence-electron chi connectivity index (χ0n) is 11.8. The van der Waals surface area contributed by atoms with Crippen LogP contribution in [0.2, 0.25) is 0 Å². The lowest BCUT2D eigenvalue weighted by Gasteiger charge is -2.20. The van der Waals surface area contributed by atoms with Crippen LogP contribution in [-0.4, -0.2) is 19.1 Å². The summed E-state index contributed by atoms with van der Waals surface area (Å²) in [6.07, 6.45) is 0. The standard InChI is InChI=1S/C16H13F2NO3/c1-9-7-13-14(22-6-5-21-13)8-10(9)16(20)19-15-11(17)3-2-4-12(15)18/h2-4,7-8H,5-6H2,1H3,(H,19,20). The highest BCUT2D eigenvalue weighted by molar-refractivity contribution is 6.05. The molecule has 0 bridgehead atoms. The Morgan fingerprint density at radius 3 is 2.32 bits per heavy atom. The SMILES string of the molecule is Cc1cc2c(cc1C(=O)Nc1c(F)cccc1F)OCCO2. The molecule has 22 heavy (non-hydrogen) atoms. The predicted octanol–water partition coefficient (Wildman–Crippen LogP) is 3.30. The zero-order valence-corrected chi connectivity index (χ0v) is 11.8. The van der Waals surface area contributed by atoms with Crippen LogP contribution in [0.5, 0.6) is 11.5 Å². The second-order valence-corrected chi connectivity index (χ2v) is 4.86. The minimum atomic E-state index is -0.830. The maximum Gasteiger partial charge on any atom is 0.256 e. The van der Waals surface area contributed by atoms with Crippen molar-refractivity contribution in [3.05, 3.63) is 53.1 Å². The van der Waals surface area contributed by atoms with E-state index in [1.54, 1.807) is 13.0 Å². The zero-order chi connectivity index (χ0) is 15.7. The molecule has 0 saturated heterocycles. The van der Waals surface area contributed by atoms with Gasteiger partial charge in [-0.15, -0.1) is 0 Å². The molecule has 0 aliphatic carbocycles. The maximum absolute atomic E-state index is 13.6. The minimum absolute atomic E-state index is 0.270. The Labute approximate surface area is 125 Å². The number of fused-ring (bicyclic) bond motifs is 1. The summed E-state index contributed by atoms with van der Waals surface area (Å²) < 4.78 is 38.0. The summed E-state index contributed by atoms with van der Waals surface area (Å²) in [5.41, 5.74) is 0.423. The molecule has 1 aliphatic rings. The Hall–Kier alpha value is -2.63. The number of anilines is 1. The molecule has 4 nitrogen and oxygen atoms in total. The second-order valence-electron chi connectivity index (χ2n) is 4.86. The smallest absolute Gasteiger partial charge is 0.256 e. The van der Waals surface area contributed by atoms with Crippen molar-refractivity contribution < 1.29 is 23.0 Å². The van der Waals surface area contributed by atoms with Crippen LogP contribution in [0.1, 0.15) is 15.9 Å². The van der Waals surface area contributed by atoms with Gasteiger partial charge in [-0.2, -0.15) is 0 Å². The Bertz CT molecular complexity index is 726. The van der Waals surface area contributed by atoms with Crippen LogP contribution in [0.25, 0.3) is 0 Å². The van der Waals surface area contributed by atoms with Gasteiger partial charge < -0.3 is 14.8 Å². The van der Waals surface area contributed by atoms with Gasteiger partial charge in [-0.05, 0) is 36.8 Å². The van der Waals surface area contributed by atoms with Gasteiger partial charge in [0.15, 0.2) is 11.5 Å². The van der Waals surface area contributed by atoms with Crippen molar-refractivity contribution in [2.45, 2.75) is 6.92 Å². The third kappa shape index (κ3) is 2.59. The van der Waals surface area contributed by atoms with Crippen molar-refractivity contribution in [1.82, 2.24) is 0 Å². The van der Waals surface area contributed by atoms with Crippen molar-refractivity contribution in [1.29, 1.82) is 0 Å². The van der Waals surface area contributed by atoms with E-state index in [-0.39, 0.29) is 5.56 Å². The highest BCUT2D eigenvalue weighted by atomic mass is 19.1. The van der Waals surface area contributed by atoms with Gasteiger partial charge in [0.05, 0.1) is 0 Å². The number of nitrogens with one attached hydrogen (secondary N) is 1. The van der Waals surface area contributed by atoms with E-state index >= 15 is 0 Å². The molecule has 1 N–H and O–H groups in total. The van der Waals surface area contributed by atoms with E-state index in [4.69, 9.17) is 9.47 Å². The molecular weight excluding hydrogens is 292 g/mol. The van der Waals surface area contributed by atoms with Crippen molar-refractivity contribution >= 4 is 11.6 Å². The highest BCUT2D eigenvalue weighted by Gasteiger charge is 2.19. The van der Waals surface area contributed by atoms with Gasteiger partial charge >= 0.3 is 0 Å². The van der Waals surface area contributed by atoms with Crippen LogP contribution in [0.4, 0.5) is 14.5 Å². The van der Waals surface area contributed by atoms with E-state index in [1.165, 1.54) is 12.1 Å². The first-order valence-corrected chi connectivity index (χ1v) is 6.72. The topological polar surface area (TPSA) is 47.6 Å². The average molecular weight is 305 g/mol. The number of aryl methyl sites for hydroxylation is 1. The number of rotatable bonds is 2. The molecule has 0 atom stereocenters. The minimum Gasteiger partial charge on any atom is -0.486 e. The van der Waals surface area contributed by atoms with Gasteiger partial charge in [-0.1, -0.05) is 6.07 Å². The number of para-hydroxylation sites is 1. The maximum atomic E-state index is 13.6. The quantitative estimate of drug-likeness (QED) is 0.926. The van der Waals surface area contributed by atoms with Crippen molar-refractivity contribution in [2.75, 3.05) is 18.5 Å². The molecule has 3 rings (SSSR count). The third-order valence-electron chi connectivity index (χ3n) is 3.34. The van der Waals surface area contributed by atoms with Crippen molar-refractivity contribution in [3.63, 3.8) is 0 Å². The molecule has 0 unspecified atom stereocenters. The lowest BCUT2D eigenvalue weighted by molar-refractivity contribution is 0.102. The Morgan fingerprint density at radius 1 is 1.09 bits per heavy atom. The molecule has 0 fully saturated rings. The number of halogens is 2. The first-order chi connectivity index (χ1) is 10.6. The number of amides is 1. The monoisotopic (exact) mass is 305 g/mol. The molecule has 1 amide bonds. The van der Waals surface area contributed by atoms with E-state index in [0.29, 0.717) is 30.3 Å². The van der Waals surface area contributed by atoms with Crippen LogP contribution >= 0.6 is 0 Å². The summed E-state index contributed by atoms with van der Waals surface area (Å²) in [4.78, 5) is 12.3. The first-order valence-electron chi connectivity index (χ1n) is 6.72. The summed E-state index contributed by atoms with van der Waals surface area (Å²) in [7, 11) is 0. The fourth-order valence-corrected chi connectivity index (χ4v) is 2.23. The van der Waals surface area contributed by atoms with Gasteiger partial charge in [0.2, 0.25) is 0 Å². The molecule has 1 heterocycles. The predicted molar refractivity (Wildman–Crippen MR) is 76.5 cm³/mol. The van der Waals surface area contributed by atoms with E-state index in [9.17, 15) is 13.6 Å². The van der Waals surface area contributed by atoms with Crippen molar-refractivity contribution in [2.24, 2.45) is 0 Å². The third-order valence-corrected chi connectivity index (χ3v) is 3.34. The number of carbonyl (C=O) groups excluding carboxylic acids is 1. The van der Waals surface area contributed by atoms with Crippen LogP contribution in [0, 0.1) is 18.6 Å². The van der Waals surface area contributed by atoms with Crippen molar-refractivity contribution in [3.8, 4) is 11.5 Å². The van der Waals surface area contributed by atoms with Gasteiger partial charge in [-0.25, -0.2) is 8.78 Å². The number of carbonyl (C=O) groups is 1. The molecule has 114 valence electrons. The molecular formula is C16H13F2NO3. The molecule has 6 heteroatoms. The van der Waals surface area contributed by atoms with Crippen LogP contribution in [0.3, 0.4) is 0 Å². The summed E-state index contributed by atoms with van der Waals surface area (Å²) in [5.74, 6) is -1.28. The molecule has 0 saturated carbocycles. The van der Waals surface area contributed by atoms with Crippen LogP contribution < -0.4 is 14.8 Å². The molecule has 0 aromatic heterocycles. The molecule has 0 radical (unpaired) electrons. The van der Waals surface area contributed by atoms with E-state index in [0.717, 1.165) is 12.1 Å². The highest BCUT2D eigenvalue weighted by Crippen LogP contribution is 2.33. The summed E-state index contributed by atoms with van der Waals surface area (Å²) in [5, 5.41) is 2.26. The average Bonchev–Trinajstić information content (AvgIpc) is 2.50. The van der Waals surface area contributed by atoms with E-state index < -0.39 is 23.2 Å². The Kier molecular flexibility index (Phi) is 3.66. The summed E-state index contributed by atoms with van der Waals surface area (Å²) in [6.45, 7) is 2.54. The van der Waals surface area contributed by atoms with Gasteiger partial charge in [0.25, 0.3) is 5.91 Å². The van der Waals surface area contributed by atoms with E-state index in [2.05, 4.69) is 5.32 Å². The fourth-order valence-electron chi connectivity index (χ4n) is 2.23. The lowest BCUT2D eigenvalue weighted by atomic mass is 10.1. The Balaban J connectivity index is 1.92. The van der Waals surface area contributed by atoms with Gasteiger partial charge in [-0.3, -0.25) is 4.79 Å².